The molecule has 37 heavy (non-hydrogen) atoms. The molecule has 0 heterocycles. The first-order valence-corrected chi connectivity index (χ1v) is 13.1. The molecule has 0 spiro atoms. The fourth-order valence-corrected chi connectivity index (χ4v) is 4.98. The number of ether oxygens (including phenoxy) is 2. The van der Waals surface area contributed by atoms with Gasteiger partial charge in [0.05, 0.1) is 19.1 Å². The third-order valence-corrected chi connectivity index (χ3v) is 7.29. The summed E-state index contributed by atoms with van der Waals surface area (Å²) in [6.07, 6.45) is 0.166. The summed E-state index contributed by atoms with van der Waals surface area (Å²) in [7, 11) is -1.24. The Labute approximate surface area is 220 Å². The van der Waals surface area contributed by atoms with Gasteiger partial charge < -0.3 is 19.9 Å². The Balaban J connectivity index is 1.60. The Morgan fingerprint density at radius 2 is 1.46 bits per heavy atom. The number of rotatable bonds is 12. The average molecular weight is 547 g/mol. The van der Waals surface area contributed by atoms with Crippen molar-refractivity contribution in [1.82, 2.24) is 10.0 Å². The van der Waals surface area contributed by atoms with Crippen molar-refractivity contribution >= 4 is 33.5 Å². The summed E-state index contributed by atoms with van der Waals surface area (Å²) in [5.74, 6) is -1.12. The Bertz CT molecular complexity index is 1320. The molecule has 3 aromatic rings. The van der Waals surface area contributed by atoms with Crippen LogP contribution in [0.15, 0.2) is 71.6 Å². The molecule has 3 N–H and O–H groups in total. The average Bonchev–Trinajstić information content (AvgIpc) is 2.90. The molecule has 9 nitrogen and oxygen atoms in total. The number of amides is 1. The molecule has 0 aromatic heterocycles. The molecule has 1 amide bonds. The van der Waals surface area contributed by atoms with Crippen LogP contribution in [0.25, 0.3) is 11.1 Å². The Hall–Kier alpha value is -3.60. The molecule has 3 rings (SSSR count). The van der Waals surface area contributed by atoms with Crippen molar-refractivity contribution in [2.45, 2.75) is 23.8 Å². The number of benzene rings is 3. The highest BCUT2D eigenvalue weighted by molar-refractivity contribution is 7.89. The number of sulfonamides is 1. The summed E-state index contributed by atoms with van der Waals surface area (Å²) in [6, 6.07) is 16.7. The van der Waals surface area contributed by atoms with Gasteiger partial charge in [0, 0.05) is 11.6 Å². The first-order chi connectivity index (χ1) is 17.7. The number of hydrogen-bond acceptors (Lipinski definition) is 6. The van der Waals surface area contributed by atoms with Crippen LogP contribution in [0.5, 0.6) is 11.5 Å². The van der Waals surface area contributed by atoms with Gasteiger partial charge in [0.1, 0.15) is 23.1 Å². The molecule has 0 aliphatic carbocycles. The Kier molecular flexibility index (Phi) is 9.51. The van der Waals surface area contributed by atoms with Gasteiger partial charge in [-0.2, -0.15) is 4.72 Å². The highest BCUT2D eigenvalue weighted by Gasteiger charge is 2.25. The number of halogens is 1. The lowest BCUT2D eigenvalue weighted by atomic mass is 10.1. The number of nitrogens with one attached hydrogen (secondary N) is 2. The second kappa shape index (κ2) is 12.6. The van der Waals surface area contributed by atoms with Crippen molar-refractivity contribution in [2.24, 2.45) is 0 Å². The lowest BCUT2D eigenvalue weighted by Crippen LogP contribution is -2.41. The molecule has 1 unspecified atom stereocenters. The highest BCUT2D eigenvalue weighted by atomic mass is 35.5. The fraction of sp³-hybridized carbons (Fsp3) is 0.231. The second-order valence-corrected chi connectivity index (χ2v) is 10.1. The van der Waals surface area contributed by atoms with E-state index in [1.165, 1.54) is 26.4 Å². The van der Waals surface area contributed by atoms with Crippen LogP contribution in [0, 0.1) is 0 Å². The van der Waals surface area contributed by atoms with Gasteiger partial charge in [-0.25, -0.2) is 8.42 Å². The van der Waals surface area contributed by atoms with Crippen LogP contribution in [0.4, 0.5) is 0 Å². The molecule has 11 heteroatoms. The number of carboxylic acids is 1. The van der Waals surface area contributed by atoms with Crippen molar-refractivity contribution < 1.29 is 32.6 Å². The van der Waals surface area contributed by atoms with E-state index in [0.717, 1.165) is 11.1 Å². The topological polar surface area (TPSA) is 131 Å². The van der Waals surface area contributed by atoms with E-state index < -0.39 is 27.9 Å². The maximum absolute atomic E-state index is 12.8. The minimum Gasteiger partial charge on any atom is -0.496 e. The third kappa shape index (κ3) is 7.22. The normalized spacial score (nSPS) is 12.0. The van der Waals surface area contributed by atoms with Crippen molar-refractivity contribution in [3.63, 3.8) is 0 Å². The quantitative estimate of drug-likeness (QED) is 0.293. The number of hydrogen-bond donors (Lipinski definition) is 3. The SMILES string of the molecule is COc1cccc(OC)c1C(=O)NCCCC(NS(=O)(=O)c1ccc(-c2ccc(Cl)cc2)cc1)C(=O)O. The molecule has 196 valence electrons. The number of aliphatic carboxylic acids is 1. The highest BCUT2D eigenvalue weighted by Crippen LogP contribution is 2.28. The third-order valence-electron chi connectivity index (χ3n) is 5.55. The molecule has 0 aliphatic rings. The number of methoxy groups -OCH3 is 2. The van der Waals surface area contributed by atoms with E-state index in [1.54, 1.807) is 42.5 Å². The largest absolute Gasteiger partial charge is 0.496 e. The Morgan fingerprint density at radius 3 is 1.97 bits per heavy atom. The van der Waals surface area contributed by atoms with Gasteiger partial charge in [-0.15, -0.1) is 0 Å². The van der Waals surface area contributed by atoms with Crippen LogP contribution in [-0.2, 0) is 14.8 Å². The van der Waals surface area contributed by atoms with E-state index in [1.807, 2.05) is 12.1 Å². The van der Waals surface area contributed by atoms with Crippen LogP contribution in [0.1, 0.15) is 23.2 Å². The molecule has 0 saturated heterocycles. The molecule has 1 atom stereocenters. The number of carbonyl (C=O) groups is 2. The molecule has 0 aliphatic heterocycles. The van der Waals surface area contributed by atoms with Gasteiger partial charge in [-0.05, 0) is 60.4 Å². The minimum atomic E-state index is -4.10. The summed E-state index contributed by atoms with van der Waals surface area (Å²) in [6.45, 7) is 0.112. The van der Waals surface area contributed by atoms with E-state index >= 15 is 0 Å². The van der Waals surface area contributed by atoms with E-state index in [4.69, 9.17) is 21.1 Å². The van der Waals surface area contributed by atoms with Crippen LogP contribution >= 0.6 is 11.6 Å². The number of carboxylic acid groups (broad SMARTS) is 1. The van der Waals surface area contributed by atoms with E-state index in [9.17, 15) is 23.1 Å². The van der Waals surface area contributed by atoms with Crippen molar-refractivity contribution in [2.75, 3.05) is 20.8 Å². The maximum atomic E-state index is 12.8. The van der Waals surface area contributed by atoms with Gasteiger partial charge in [0.25, 0.3) is 5.91 Å². The first-order valence-electron chi connectivity index (χ1n) is 11.3. The molecule has 0 fully saturated rings. The summed E-state index contributed by atoms with van der Waals surface area (Å²) >= 11 is 5.91. The molecule has 0 bridgehead atoms. The van der Waals surface area contributed by atoms with Gasteiger partial charge in [-0.1, -0.05) is 41.9 Å². The van der Waals surface area contributed by atoms with Gasteiger partial charge in [0.15, 0.2) is 0 Å². The van der Waals surface area contributed by atoms with E-state index in [-0.39, 0.29) is 29.8 Å². The molecule has 0 radical (unpaired) electrons. The minimum absolute atomic E-state index is 0.0409. The van der Waals surface area contributed by atoms with Crippen LogP contribution < -0.4 is 19.5 Å². The Morgan fingerprint density at radius 1 is 0.919 bits per heavy atom. The smallest absolute Gasteiger partial charge is 0.321 e. The monoisotopic (exact) mass is 546 g/mol. The lowest BCUT2D eigenvalue weighted by molar-refractivity contribution is -0.139. The van der Waals surface area contributed by atoms with Gasteiger partial charge >= 0.3 is 5.97 Å². The zero-order valence-corrected chi connectivity index (χ0v) is 21.8. The predicted molar refractivity (Wildman–Crippen MR) is 140 cm³/mol. The van der Waals surface area contributed by atoms with Crippen molar-refractivity contribution in [3.05, 3.63) is 77.3 Å². The lowest BCUT2D eigenvalue weighted by Gasteiger charge is -2.16. The maximum Gasteiger partial charge on any atom is 0.321 e. The van der Waals surface area contributed by atoms with Crippen molar-refractivity contribution in [3.8, 4) is 22.6 Å². The summed E-state index contributed by atoms with van der Waals surface area (Å²) in [5.41, 5.74) is 1.86. The zero-order chi connectivity index (χ0) is 27.0. The molecule has 0 saturated carbocycles. The zero-order valence-electron chi connectivity index (χ0n) is 20.2. The van der Waals surface area contributed by atoms with Crippen molar-refractivity contribution in [1.29, 1.82) is 0 Å². The summed E-state index contributed by atoms with van der Waals surface area (Å²) < 4.78 is 38.3. The summed E-state index contributed by atoms with van der Waals surface area (Å²) in [4.78, 5) is 24.3. The standard InChI is InChI=1S/C26H27ClN2O7S/c1-35-22-6-3-7-23(36-2)24(22)25(30)28-16-4-5-21(26(31)32)29-37(33,34)20-14-10-18(11-15-20)17-8-12-19(27)13-9-17/h3,6-15,21,29H,4-5,16H2,1-2H3,(H,28,30)(H,31,32). The molecular weight excluding hydrogens is 520 g/mol. The van der Waals surface area contributed by atoms with Crippen LogP contribution in [0.3, 0.4) is 0 Å². The molecule has 3 aromatic carbocycles. The first kappa shape index (κ1) is 28.0. The molecular formula is C26H27ClN2O7S. The summed E-state index contributed by atoms with van der Waals surface area (Å²) in [5, 5.41) is 12.8. The fourth-order valence-electron chi connectivity index (χ4n) is 3.63. The van der Waals surface area contributed by atoms with E-state index in [0.29, 0.717) is 16.5 Å². The van der Waals surface area contributed by atoms with E-state index in [2.05, 4.69) is 10.0 Å². The predicted octanol–water partition coefficient (Wildman–Crippen LogP) is 3.97. The second-order valence-electron chi connectivity index (χ2n) is 7.98. The van der Waals surface area contributed by atoms with Gasteiger partial charge in [-0.3, -0.25) is 9.59 Å². The van der Waals surface area contributed by atoms with Crippen LogP contribution in [0.2, 0.25) is 5.02 Å². The number of carbonyl (C=O) groups excluding carboxylic acids is 1. The van der Waals surface area contributed by atoms with Crippen LogP contribution in [-0.4, -0.2) is 52.2 Å². The van der Waals surface area contributed by atoms with Gasteiger partial charge in [0.2, 0.25) is 10.0 Å².